The van der Waals surface area contributed by atoms with Gasteiger partial charge in [0.25, 0.3) is 0 Å². The topological polar surface area (TPSA) is 0 Å². The molecule has 4 aliphatic rings. The molecule has 0 aliphatic heterocycles. The summed E-state index contributed by atoms with van der Waals surface area (Å²) < 4.78 is 0. The van der Waals surface area contributed by atoms with Crippen LogP contribution in [0.4, 0.5) is 0 Å². The fourth-order valence-electron chi connectivity index (χ4n) is 4.15. The van der Waals surface area contributed by atoms with E-state index in [4.69, 9.17) is 0 Å². The number of benzene rings is 1. The number of rotatable bonds is 3. The normalized spacial score (nSPS) is 11.3. The summed E-state index contributed by atoms with van der Waals surface area (Å²) in [7, 11) is 0. The maximum absolute atomic E-state index is 2.30. The molecule has 5 rings (SSSR count). The zero-order valence-electron chi connectivity index (χ0n) is 15.0. The second-order valence-electron chi connectivity index (χ2n) is 6.98. The predicted molar refractivity (Wildman–Crippen MR) is 114 cm³/mol. The van der Waals surface area contributed by atoms with Crippen molar-refractivity contribution in [3.8, 4) is 22.3 Å². The first-order valence-corrected chi connectivity index (χ1v) is 9.42. The molecule has 4 aliphatic carbocycles. The van der Waals surface area contributed by atoms with E-state index < -0.39 is 0 Å². The van der Waals surface area contributed by atoms with Crippen LogP contribution in [0.5, 0.6) is 0 Å². The van der Waals surface area contributed by atoms with Crippen LogP contribution in [-0.2, 0) is 0 Å². The molecule has 0 radical (unpaired) electrons. The Morgan fingerprint density at radius 1 is 0.370 bits per heavy atom. The summed E-state index contributed by atoms with van der Waals surface area (Å²) in [5, 5.41) is 0. The summed E-state index contributed by atoms with van der Waals surface area (Å²) in [6.45, 7) is 0. The van der Waals surface area contributed by atoms with Gasteiger partial charge in [-0.25, -0.2) is 0 Å². The third kappa shape index (κ3) is 2.80. The average molecular weight is 344 g/mol. The Labute approximate surface area is 160 Å². The van der Waals surface area contributed by atoms with Crippen molar-refractivity contribution in [2.75, 3.05) is 0 Å². The lowest BCUT2D eigenvalue weighted by molar-refractivity contribution is 0.995. The van der Waals surface area contributed by atoms with Crippen molar-refractivity contribution in [3.05, 3.63) is 132 Å². The summed E-state index contributed by atoms with van der Waals surface area (Å²) in [4.78, 5) is 0. The van der Waals surface area contributed by atoms with E-state index in [1.807, 2.05) is 0 Å². The van der Waals surface area contributed by atoms with Crippen LogP contribution in [0.25, 0.3) is 22.3 Å². The summed E-state index contributed by atoms with van der Waals surface area (Å²) in [6.07, 6.45) is 0. The molecule has 0 N–H and O–H groups in total. The molecule has 1 aromatic carbocycles. The van der Waals surface area contributed by atoms with Crippen molar-refractivity contribution in [2.24, 2.45) is 0 Å². The Balaban J connectivity index is 1.76. The molecule has 0 atom stereocenters. The van der Waals surface area contributed by atoms with Crippen LogP contribution < -0.4 is 0 Å². The van der Waals surface area contributed by atoms with Crippen molar-refractivity contribution in [2.45, 2.75) is 5.92 Å². The maximum atomic E-state index is 2.30. The van der Waals surface area contributed by atoms with E-state index in [0.717, 1.165) is 0 Å². The molecule has 1 aromatic rings. The van der Waals surface area contributed by atoms with Gasteiger partial charge in [-0.05, 0) is 38.9 Å². The van der Waals surface area contributed by atoms with Gasteiger partial charge in [-0.2, -0.15) is 0 Å². The Hall–Kier alpha value is -3.38. The van der Waals surface area contributed by atoms with Gasteiger partial charge >= 0.3 is 0 Å². The molecule has 0 aromatic heterocycles. The van der Waals surface area contributed by atoms with Crippen LogP contribution in [0.3, 0.4) is 0 Å². The molecular weight excluding hydrogens is 324 g/mol. The Morgan fingerprint density at radius 2 is 0.815 bits per heavy atom. The molecule has 0 nitrogen and oxygen atoms in total. The van der Waals surface area contributed by atoms with Gasteiger partial charge in [-0.1, -0.05) is 115 Å². The van der Waals surface area contributed by atoms with E-state index in [1.165, 1.54) is 38.9 Å². The zero-order chi connectivity index (χ0) is 18.1. The minimum absolute atomic E-state index is 0.214. The third-order valence-electron chi connectivity index (χ3n) is 5.41. The van der Waals surface area contributed by atoms with Gasteiger partial charge in [0.2, 0.25) is 0 Å². The maximum Gasteiger partial charge on any atom is 0.0352 e. The quantitative estimate of drug-likeness (QED) is 0.328. The highest BCUT2D eigenvalue weighted by atomic mass is 14.3. The smallest absolute Gasteiger partial charge is 0.0352 e. The standard InChI is InChI=1S/C27H20/c1-6-12-22(13-7-1)27(25-18-16-20-10-4-2-8-14-23(20)25)26-19-17-21-11-5-3-9-15-24(21)26/h1-19,27H. The molecule has 0 bridgehead atoms. The molecule has 0 saturated heterocycles. The Kier molecular flexibility index (Phi) is 3.95. The molecule has 128 valence electrons. The van der Waals surface area contributed by atoms with Gasteiger partial charge in [0.15, 0.2) is 0 Å². The number of hydrogen-bond donors (Lipinski definition) is 0. The fraction of sp³-hybridized carbons (Fsp3) is 0.0370. The lowest BCUT2D eigenvalue weighted by Gasteiger charge is -2.20. The second-order valence-corrected chi connectivity index (χ2v) is 6.98. The largest absolute Gasteiger partial charge is 0.0622 e. The molecule has 0 unspecified atom stereocenters. The fourth-order valence-corrected chi connectivity index (χ4v) is 4.15. The summed E-state index contributed by atoms with van der Waals surface area (Å²) in [6, 6.07) is 41.5. The van der Waals surface area contributed by atoms with Crippen molar-refractivity contribution >= 4 is 0 Å². The van der Waals surface area contributed by atoms with E-state index >= 15 is 0 Å². The van der Waals surface area contributed by atoms with Gasteiger partial charge < -0.3 is 0 Å². The third-order valence-corrected chi connectivity index (χ3v) is 5.41. The van der Waals surface area contributed by atoms with Crippen molar-refractivity contribution in [1.82, 2.24) is 0 Å². The molecule has 0 spiro atoms. The van der Waals surface area contributed by atoms with Gasteiger partial charge in [-0.3, -0.25) is 0 Å². The zero-order valence-corrected chi connectivity index (χ0v) is 15.0. The Morgan fingerprint density at radius 3 is 1.33 bits per heavy atom. The highest BCUT2D eigenvalue weighted by Crippen LogP contribution is 2.44. The number of hydrogen-bond acceptors (Lipinski definition) is 0. The van der Waals surface area contributed by atoms with Crippen LogP contribution in [0.2, 0.25) is 0 Å². The van der Waals surface area contributed by atoms with Crippen LogP contribution in [0, 0.1) is 0 Å². The summed E-state index contributed by atoms with van der Waals surface area (Å²) >= 11 is 0. The monoisotopic (exact) mass is 344 g/mol. The predicted octanol–water partition coefficient (Wildman–Crippen LogP) is 7.08. The molecule has 0 amide bonds. The molecule has 0 saturated carbocycles. The highest BCUT2D eigenvalue weighted by molar-refractivity contribution is 5.77. The average Bonchev–Trinajstić information content (AvgIpc) is 3.09. The highest BCUT2D eigenvalue weighted by Gasteiger charge is 2.25. The van der Waals surface area contributed by atoms with Crippen molar-refractivity contribution < 1.29 is 0 Å². The first-order chi connectivity index (χ1) is 13.4. The minimum Gasteiger partial charge on any atom is -0.0622 e. The second kappa shape index (κ2) is 6.74. The molecular formula is C27H20. The van der Waals surface area contributed by atoms with Gasteiger partial charge in [0.05, 0.1) is 0 Å². The minimum atomic E-state index is 0.214. The van der Waals surface area contributed by atoms with Gasteiger partial charge in [-0.15, -0.1) is 0 Å². The van der Waals surface area contributed by atoms with Gasteiger partial charge in [0.1, 0.15) is 0 Å². The van der Waals surface area contributed by atoms with Gasteiger partial charge in [0, 0.05) is 5.92 Å². The lowest BCUT2D eigenvalue weighted by atomic mass is 9.83. The van der Waals surface area contributed by atoms with E-state index in [9.17, 15) is 0 Å². The van der Waals surface area contributed by atoms with E-state index in [0.29, 0.717) is 0 Å². The van der Waals surface area contributed by atoms with Crippen LogP contribution in [-0.4, -0.2) is 0 Å². The Bertz CT molecular complexity index is 1050. The first kappa shape index (κ1) is 15.8. The molecule has 0 heterocycles. The summed E-state index contributed by atoms with van der Waals surface area (Å²) in [5.41, 5.74) is 9.29. The van der Waals surface area contributed by atoms with Crippen LogP contribution in [0.15, 0.2) is 115 Å². The summed E-state index contributed by atoms with van der Waals surface area (Å²) in [5.74, 6) is 0.214. The SMILES string of the molecule is c1ccc(C(c2ccc3cccccc2-3)c2ccc3cccccc2-3)cc1. The number of fused-ring (bicyclic) bond motifs is 2. The molecule has 0 fully saturated rings. The van der Waals surface area contributed by atoms with E-state index in [1.54, 1.807) is 0 Å². The van der Waals surface area contributed by atoms with Crippen LogP contribution in [0.1, 0.15) is 22.6 Å². The lowest BCUT2D eigenvalue weighted by Crippen LogP contribution is -2.03. The van der Waals surface area contributed by atoms with E-state index in [2.05, 4.69) is 115 Å². The van der Waals surface area contributed by atoms with Crippen molar-refractivity contribution in [3.63, 3.8) is 0 Å². The molecule has 27 heavy (non-hydrogen) atoms. The molecule has 0 heteroatoms. The first-order valence-electron chi connectivity index (χ1n) is 9.42. The van der Waals surface area contributed by atoms with E-state index in [-0.39, 0.29) is 5.92 Å². The van der Waals surface area contributed by atoms with Crippen LogP contribution >= 0.6 is 0 Å². The van der Waals surface area contributed by atoms with Crippen molar-refractivity contribution in [1.29, 1.82) is 0 Å².